The number of aromatic nitrogens is 3. The highest BCUT2D eigenvalue weighted by atomic mass is 32.1. The molecule has 0 aliphatic rings. The second kappa shape index (κ2) is 5.10. The second-order valence-electron chi connectivity index (χ2n) is 4.60. The largest absolute Gasteiger partial charge is 0.397 e. The minimum absolute atomic E-state index is 0.286. The molecular formula is C14H13N5OS. The van der Waals surface area contributed by atoms with Gasteiger partial charge in [-0.3, -0.25) is 4.79 Å². The Hall–Kier alpha value is -2.54. The summed E-state index contributed by atoms with van der Waals surface area (Å²) in [5.74, 6) is 0.199. The number of hydrogen-bond donors (Lipinski definition) is 2. The Morgan fingerprint density at radius 1 is 1.29 bits per heavy atom. The summed E-state index contributed by atoms with van der Waals surface area (Å²) in [5, 5.41) is 11.7. The minimum Gasteiger partial charge on any atom is -0.397 e. The van der Waals surface area contributed by atoms with Gasteiger partial charge in [-0.1, -0.05) is 6.07 Å². The van der Waals surface area contributed by atoms with Crippen molar-refractivity contribution >= 4 is 39.0 Å². The number of carbonyl (C=O) groups is 1. The summed E-state index contributed by atoms with van der Waals surface area (Å²) in [7, 11) is 0. The highest BCUT2D eigenvalue weighted by molar-refractivity contribution is 7.21. The third-order valence-corrected chi connectivity index (χ3v) is 4.34. The van der Waals surface area contributed by atoms with Crippen LogP contribution >= 0.6 is 11.3 Å². The smallest absolute Gasteiger partial charge is 0.269 e. The van der Waals surface area contributed by atoms with E-state index in [1.165, 1.54) is 11.3 Å². The fourth-order valence-electron chi connectivity index (χ4n) is 2.02. The van der Waals surface area contributed by atoms with Crippen LogP contribution in [0.15, 0.2) is 24.4 Å². The van der Waals surface area contributed by atoms with E-state index in [1.54, 1.807) is 24.4 Å². The summed E-state index contributed by atoms with van der Waals surface area (Å²) in [6.07, 6.45) is 1.61. The van der Waals surface area contributed by atoms with E-state index in [0.717, 1.165) is 16.6 Å². The number of anilines is 2. The van der Waals surface area contributed by atoms with Crippen LogP contribution in [0.3, 0.4) is 0 Å². The van der Waals surface area contributed by atoms with Crippen LogP contribution in [-0.4, -0.2) is 21.1 Å². The summed E-state index contributed by atoms with van der Waals surface area (Å²) in [6.45, 7) is 3.79. The van der Waals surface area contributed by atoms with Crippen LogP contribution in [0.5, 0.6) is 0 Å². The van der Waals surface area contributed by atoms with Crippen LogP contribution in [0.25, 0.3) is 10.2 Å². The summed E-state index contributed by atoms with van der Waals surface area (Å²) < 4.78 is 0. The molecule has 3 aromatic heterocycles. The Kier molecular flexibility index (Phi) is 3.26. The first-order valence-corrected chi connectivity index (χ1v) is 7.14. The predicted molar refractivity (Wildman–Crippen MR) is 83.5 cm³/mol. The lowest BCUT2D eigenvalue weighted by atomic mass is 10.1. The normalized spacial score (nSPS) is 10.8. The van der Waals surface area contributed by atoms with Gasteiger partial charge in [-0.2, -0.15) is 5.10 Å². The molecule has 0 saturated carbocycles. The topological polar surface area (TPSA) is 93.8 Å². The Labute approximate surface area is 125 Å². The van der Waals surface area contributed by atoms with Gasteiger partial charge in [0.15, 0.2) is 0 Å². The van der Waals surface area contributed by atoms with E-state index in [2.05, 4.69) is 20.5 Å². The van der Waals surface area contributed by atoms with Gasteiger partial charge in [0.2, 0.25) is 0 Å². The quantitative estimate of drug-likeness (QED) is 0.758. The van der Waals surface area contributed by atoms with Gasteiger partial charge in [-0.05, 0) is 31.5 Å². The summed E-state index contributed by atoms with van der Waals surface area (Å²) in [4.78, 5) is 17.5. The molecule has 3 heterocycles. The zero-order chi connectivity index (χ0) is 15.0. The van der Waals surface area contributed by atoms with Crippen molar-refractivity contribution in [1.82, 2.24) is 15.2 Å². The molecule has 106 valence electrons. The maximum absolute atomic E-state index is 12.3. The molecule has 0 radical (unpaired) electrons. The van der Waals surface area contributed by atoms with Gasteiger partial charge in [-0.15, -0.1) is 16.4 Å². The molecule has 3 rings (SSSR count). The fraction of sp³-hybridized carbons (Fsp3) is 0.143. The predicted octanol–water partition coefficient (Wildman–Crippen LogP) is 2.54. The number of nitrogens with one attached hydrogen (secondary N) is 1. The number of aryl methyl sites for hydroxylation is 2. The van der Waals surface area contributed by atoms with E-state index in [-0.39, 0.29) is 5.91 Å². The molecule has 7 heteroatoms. The SMILES string of the molecule is Cc1nnc2sc(C(=O)Nc3ccccn3)c(N)c2c1C. The number of fused-ring (bicyclic) bond motifs is 1. The molecule has 0 aliphatic carbocycles. The van der Waals surface area contributed by atoms with Crippen molar-refractivity contribution in [3.63, 3.8) is 0 Å². The van der Waals surface area contributed by atoms with Crippen molar-refractivity contribution in [2.45, 2.75) is 13.8 Å². The van der Waals surface area contributed by atoms with Gasteiger partial charge < -0.3 is 11.1 Å². The van der Waals surface area contributed by atoms with E-state index < -0.39 is 0 Å². The van der Waals surface area contributed by atoms with E-state index in [0.29, 0.717) is 21.2 Å². The zero-order valence-electron chi connectivity index (χ0n) is 11.5. The van der Waals surface area contributed by atoms with Crippen molar-refractivity contribution in [1.29, 1.82) is 0 Å². The third-order valence-electron chi connectivity index (χ3n) is 3.25. The number of amides is 1. The van der Waals surface area contributed by atoms with Crippen LogP contribution in [0.4, 0.5) is 11.5 Å². The molecule has 21 heavy (non-hydrogen) atoms. The molecule has 0 aliphatic heterocycles. The van der Waals surface area contributed by atoms with Crippen LogP contribution < -0.4 is 11.1 Å². The molecule has 0 bridgehead atoms. The van der Waals surface area contributed by atoms with E-state index in [1.807, 2.05) is 13.8 Å². The summed E-state index contributed by atoms with van der Waals surface area (Å²) >= 11 is 1.24. The maximum Gasteiger partial charge on any atom is 0.269 e. The summed E-state index contributed by atoms with van der Waals surface area (Å²) in [6, 6.07) is 5.30. The number of nitrogens with zero attached hydrogens (tertiary/aromatic N) is 3. The first kappa shape index (κ1) is 13.4. The van der Waals surface area contributed by atoms with Gasteiger partial charge in [0.1, 0.15) is 15.5 Å². The number of thiophene rings is 1. The third kappa shape index (κ3) is 2.31. The van der Waals surface area contributed by atoms with Gasteiger partial charge >= 0.3 is 0 Å². The molecule has 0 aromatic carbocycles. The van der Waals surface area contributed by atoms with E-state index in [9.17, 15) is 4.79 Å². The monoisotopic (exact) mass is 299 g/mol. The number of pyridine rings is 1. The van der Waals surface area contributed by atoms with E-state index >= 15 is 0 Å². The van der Waals surface area contributed by atoms with Gasteiger partial charge in [-0.25, -0.2) is 4.98 Å². The van der Waals surface area contributed by atoms with Gasteiger partial charge in [0, 0.05) is 11.6 Å². The van der Waals surface area contributed by atoms with Crippen LogP contribution in [0.2, 0.25) is 0 Å². The molecule has 0 atom stereocenters. The first-order valence-electron chi connectivity index (χ1n) is 6.32. The molecule has 0 unspecified atom stereocenters. The highest BCUT2D eigenvalue weighted by Gasteiger charge is 2.20. The number of rotatable bonds is 2. The summed E-state index contributed by atoms with van der Waals surface area (Å²) in [5.41, 5.74) is 8.33. The molecule has 0 saturated heterocycles. The van der Waals surface area contributed by atoms with Crippen molar-refractivity contribution in [3.8, 4) is 0 Å². The lowest BCUT2D eigenvalue weighted by molar-refractivity contribution is 0.103. The Balaban J connectivity index is 2.03. The van der Waals surface area contributed by atoms with Crippen molar-refractivity contribution in [2.75, 3.05) is 11.1 Å². The van der Waals surface area contributed by atoms with Gasteiger partial charge in [0.05, 0.1) is 11.4 Å². The number of nitrogens with two attached hydrogens (primary N) is 1. The molecule has 1 amide bonds. The second-order valence-corrected chi connectivity index (χ2v) is 5.60. The number of nitrogen functional groups attached to an aromatic ring is 1. The number of carbonyl (C=O) groups excluding carboxylic acids is 1. The minimum atomic E-state index is -0.286. The van der Waals surface area contributed by atoms with Gasteiger partial charge in [0.25, 0.3) is 5.91 Å². The molecule has 0 spiro atoms. The number of hydrogen-bond acceptors (Lipinski definition) is 6. The average Bonchev–Trinajstić information content (AvgIpc) is 2.82. The molecule has 0 fully saturated rings. The van der Waals surface area contributed by atoms with Crippen molar-refractivity contribution in [2.24, 2.45) is 0 Å². The first-order chi connectivity index (χ1) is 10.1. The Morgan fingerprint density at radius 2 is 2.10 bits per heavy atom. The van der Waals surface area contributed by atoms with E-state index in [4.69, 9.17) is 5.73 Å². The van der Waals surface area contributed by atoms with Crippen LogP contribution in [-0.2, 0) is 0 Å². The molecular weight excluding hydrogens is 286 g/mol. The van der Waals surface area contributed by atoms with Crippen LogP contribution in [0.1, 0.15) is 20.9 Å². The molecule has 6 nitrogen and oxygen atoms in total. The van der Waals surface area contributed by atoms with Crippen molar-refractivity contribution in [3.05, 3.63) is 40.5 Å². The zero-order valence-corrected chi connectivity index (χ0v) is 12.4. The molecule has 3 aromatic rings. The molecule has 3 N–H and O–H groups in total. The fourth-order valence-corrected chi connectivity index (χ4v) is 3.01. The van der Waals surface area contributed by atoms with Crippen LogP contribution in [0, 0.1) is 13.8 Å². The lowest BCUT2D eigenvalue weighted by Crippen LogP contribution is -2.12. The average molecular weight is 299 g/mol. The maximum atomic E-state index is 12.3. The Morgan fingerprint density at radius 3 is 2.81 bits per heavy atom. The highest BCUT2D eigenvalue weighted by Crippen LogP contribution is 2.35. The Bertz CT molecular complexity index is 828. The lowest BCUT2D eigenvalue weighted by Gasteiger charge is -2.03. The van der Waals surface area contributed by atoms with Crippen molar-refractivity contribution < 1.29 is 4.79 Å². The standard InChI is InChI=1S/C14H13N5OS/c1-7-8(2)18-19-14-10(7)11(15)12(21-14)13(20)17-9-5-3-4-6-16-9/h3-6H,15H2,1-2H3,(H,16,17,20).